The number of nitrogens with one attached hydrogen (secondary N) is 1. The van der Waals surface area contributed by atoms with E-state index >= 15 is 0 Å². The monoisotopic (exact) mass is 328 g/mol. The Kier molecular flexibility index (Phi) is 5.42. The molecule has 0 aliphatic heterocycles. The van der Waals surface area contributed by atoms with Gasteiger partial charge in [0.05, 0.1) is 23.2 Å². The van der Waals surface area contributed by atoms with E-state index in [1.807, 2.05) is 12.1 Å². The van der Waals surface area contributed by atoms with Gasteiger partial charge < -0.3 is 4.74 Å². The van der Waals surface area contributed by atoms with Crippen LogP contribution in [0, 0.1) is 5.82 Å². The Bertz CT molecular complexity index is 637. The quantitative estimate of drug-likeness (QED) is 0.646. The van der Waals surface area contributed by atoms with Gasteiger partial charge in [-0.1, -0.05) is 41.4 Å². The van der Waals surface area contributed by atoms with Gasteiger partial charge in [0.1, 0.15) is 0 Å². The molecule has 0 spiro atoms. The summed E-state index contributed by atoms with van der Waals surface area (Å²) in [4.78, 5) is 0. The van der Waals surface area contributed by atoms with Crippen LogP contribution < -0.4 is 16.0 Å². The van der Waals surface area contributed by atoms with Crippen molar-refractivity contribution in [2.75, 3.05) is 7.11 Å². The minimum absolute atomic E-state index is 0.190. The molecule has 0 radical (unpaired) electrons. The smallest absolute Gasteiger partial charge is 0.165 e. The summed E-state index contributed by atoms with van der Waals surface area (Å²) < 4.78 is 18.7. The summed E-state index contributed by atoms with van der Waals surface area (Å²) >= 11 is 12.2. The molecule has 2 aromatic carbocycles. The maximum Gasteiger partial charge on any atom is 0.165 e. The van der Waals surface area contributed by atoms with E-state index in [4.69, 9.17) is 33.8 Å². The first-order chi connectivity index (χ1) is 10.1. The number of benzene rings is 2. The fourth-order valence-electron chi connectivity index (χ4n) is 2.10. The van der Waals surface area contributed by atoms with Gasteiger partial charge in [0.15, 0.2) is 11.6 Å². The van der Waals surface area contributed by atoms with E-state index in [-0.39, 0.29) is 11.8 Å². The molecular weight excluding hydrogens is 314 g/mol. The van der Waals surface area contributed by atoms with Crippen LogP contribution in [0.5, 0.6) is 5.75 Å². The molecular formula is C15H15Cl2FN2O. The first kappa shape index (κ1) is 16.0. The predicted molar refractivity (Wildman–Crippen MR) is 83.2 cm³/mol. The van der Waals surface area contributed by atoms with Crippen molar-refractivity contribution in [2.24, 2.45) is 5.84 Å². The lowest BCUT2D eigenvalue weighted by Crippen LogP contribution is -2.29. The van der Waals surface area contributed by atoms with Crippen LogP contribution in [0.15, 0.2) is 36.4 Å². The maximum absolute atomic E-state index is 13.8. The first-order valence-corrected chi connectivity index (χ1v) is 7.05. The summed E-state index contributed by atoms with van der Waals surface area (Å²) in [7, 11) is 1.42. The molecule has 21 heavy (non-hydrogen) atoms. The SMILES string of the molecule is COc1ccc(C(Cc2cccc(Cl)c2Cl)NN)cc1F. The molecule has 6 heteroatoms. The van der Waals surface area contributed by atoms with Crippen molar-refractivity contribution in [1.29, 1.82) is 0 Å². The molecule has 3 nitrogen and oxygen atoms in total. The molecule has 1 unspecified atom stereocenters. The molecule has 1 atom stereocenters. The molecule has 3 N–H and O–H groups in total. The van der Waals surface area contributed by atoms with Gasteiger partial charge in [-0.05, 0) is 35.7 Å². The second-order valence-electron chi connectivity index (χ2n) is 4.53. The molecule has 2 rings (SSSR count). The van der Waals surface area contributed by atoms with E-state index < -0.39 is 5.82 Å². The summed E-state index contributed by atoms with van der Waals surface area (Å²) in [5.74, 6) is 5.33. The number of hydrogen-bond acceptors (Lipinski definition) is 3. The van der Waals surface area contributed by atoms with Gasteiger partial charge in [-0.15, -0.1) is 0 Å². The fourth-order valence-corrected chi connectivity index (χ4v) is 2.50. The highest BCUT2D eigenvalue weighted by atomic mass is 35.5. The zero-order chi connectivity index (χ0) is 15.4. The number of halogens is 3. The number of rotatable bonds is 5. The number of methoxy groups -OCH3 is 1. The summed E-state index contributed by atoms with van der Waals surface area (Å²) in [6.45, 7) is 0. The van der Waals surface area contributed by atoms with Crippen LogP contribution in [0.1, 0.15) is 17.2 Å². The lowest BCUT2D eigenvalue weighted by atomic mass is 9.99. The normalized spacial score (nSPS) is 12.2. The Labute approximate surface area is 132 Å². The Morgan fingerprint density at radius 2 is 2.05 bits per heavy atom. The Morgan fingerprint density at radius 1 is 1.29 bits per heavy atom. The van der Waals surface area contributed by atoms with Crippen molar-refractivity contribution in [3.8, 4) is 5.75 Å². The highest BCUT2D eigenvalue weighted by molar-refractivity contribution is 6.42. The average Bonchev–Trinajstić information content (AvgIpc) is 2.48. The van der Waals surface area contributed by atoms with E-state index in [0.717, 1.165) is 5.56 Å². The van der Waals surface area contributed by atoms with Crippen molar-refractivity contribution in [1.82, 2.24) is 5.43 Å². The van der Waals surface area contributed by atoms with Crippen LogP contribution in [0.3, 0.4) is 0 Å². The number of ether oxygens (including phenoxy) is 1. The molecule has 0 aromatic heterocycles. The van der Waals surface area contributed by atoms with Crippen LogP contribution in [-0.4, -0.2) is 7.11 Å². The van der Waals surface area contributed by atoms with Crippen LogP contribution in [-0.2, 0) is 6.42 Å². The van der Waals surface area contributed by atoms with Crippen molar-refractivity contribution < 1.29 is 9.13 Å². The maximum atomic E-state index is 13.8. The van der Waals surface area contributed by atoms with E-state index in [9.17, 15) is 4.39 Å². The number of nitrogens with two attached hydrogens (primary N) is 1. The van der Waals surface area contributed by atoms with Gasteiger partial charge in [0.25, 0.3) is 0 Å². The second kappa shape index (κ2) is 7.09. The third-order valence-electron chi connectivity index (χ3n) is 3.24. The van der Waals surface area contributed by atoms with Gasteiger partial charge in [-0.3, -0.25) is 11.3 Å². The molecule has 0 heterocycles. The third-order valence-corrected chi connectivity index (χ3v) is 4.09. The molecule has 0 fully saturated rings. The topological polar surface area (TPSA) is 47.3 Å². The lowest BCUT2D eigenvalue weighted by molar-refractivity contribution is 0.385. The molecule has 0 aliphatic rings. The Balaban J connectivity index is 2.28. The standard InChI is InChI=1S/C15H15Cl2FN2O/c1-21-14-6-5-9(7-12(14)18)13(20-19)8-10-3-2-4-11(16)15(10)17/h2-7,13,20H,8,19H2,1H3. The van der Waals surface area contributed by atoms with Crippen molar-refractivity contribution in [2.45, 2.75) is 12.5 Å². The minimum Gasteiger partial charge on any atom is -0.494 e. The van der Waals surface area contributed by atoms with Crippen molar-refractivity contribution in [3.05, 3.63) is 63.4 Å². The summed E-state index contributed by atoms with van der Waals surface area (Å²) in [6.07, 6.45) is 0.488. The Morgan fingerprint density at radius 3 is 2.67 bits per heavy atom. The van der Waals surface area contributed by atoms with Crippen LogP contribution in [0.25, 0.3) is 0 Å². The third kappa shape index (κ3) is 3.66. The molecule has 0 aliphatic carbocycles. The van der Waals surface area contributed by atoms with Gasteiger partial charge in [0, 0.05) is 0 Å². The molecule has 0 saturated carbocycles. The molecule has 112 valence electrons. The zero-order valence-electron chi connectivity index (χ0n) is 11.4. The van der Waals surface area contributed by atoms with E-state index in [1.165, 1.54) is 13.2 Å². The molecule has 0 amide bonds. The van der Waals surface area contributed by atoms with Crippen LogP contribution in [0.2, 0.25) is 10.0 Å². The van der Waals surface area contributed by atoms with Crippen LogP contribution >= 0.6 is 23.2 Å². The zero-order valence-corrected chi connectivity index (χ0v) is 12.9. The molecule has 0 saturated heterocycles. The van der Waals surface area contributed by atoms with E-state index in [0.29, 0.717) is 22.0 Å². The van der Waals surface area contributed by atoms with Gasteiger partial charge in [-0.2, -0.15) is 0 Å². The number of hydrogen-bond donors (Lipinski definition) is 2. The molecule has 2 aromatic rings. The average molecular weight is 329 g/mol. The number of hydrazine groups is 1. The van der Waals surface area contributed by atoms with Gasteiger partial charge in [0.2, 0.25) is 0 Å². The van der Waals surface area contributed by atoms with Crippen LogP contribution in [0.4, 0.5) is 4.39 Å². The van der Waals surface area contributed by atoms with Gasteiger partial charge >= 0.3 is 0 Å². The summed E-state index contributed by atoms with van der Waals surface area (Å²) in [5, 5.41) is 0.958. The molecule has 0 bridgehead atoms. The summed E-state index contributed by atoms with van der Waals surface area (Å²) in [5.41, 5.74) is 4.21. The lowest BCUT2D eigenvalue weighted by Gasteiger charge is -2.18. The van der Waals surface area contributed by atoms with Crippen molar-refractivity contribution in [3.63, 3.8) is 0 Å². The second-order valence-corrected chi connectivity index (χ2v) is 5.32. The van der Waals surface area contributed by atoms with Gasteiger partial charge in [-0.25, -0.2) is 4.39 Å². The van der Waals surface area contributed by atoms with E-state index in [1.54, 1.807) is 18.2 Å². The Hall–Kier alpha value is -1.33. The first-order valence-electron chi connectivity index (χ1n) is 6.29. The predicted octanol–water partition coefficient (Wildman–Crippen LogP) is 3.89. The highest BCUT2D eigenvalue weighted by Crippen LogP contribution is 2.30. The minimum atomic E-state index is -0.438. The van der Waals surface area contributed by atoms with E-state index in [2.05, 4.69) is 5.43 Å². The summed E-state index contributed by atoms with van der Waals surface area (Å²) in [6, 6.07) is 9.80. The fraction of sp³-hybridized carbons (Fsp3) is 0.200. The van der Waals surface area contributed by atoms with Crippen molar-refractivity contribution >= 4 is 23.2 Å². The largest absolute Gasteiger partial charge is 0.494 e. The highest BCUT2D eigenvalue weighted by Gasteiger charge is 2.15.